The van der Waals surface area contributed by atoms with Crippen LogP contribution < -0.4 is 5.32 Å². The maximum absolute atomic E-state index is 12.5. The van der Waals surface area contributed by atoms with Gasteiger partial charge < -0.3 is 5.32 Å². The zero-order valence-electron chi connectivity index (χ0n) is 6.43. The van der Waals surface area contributed by atoms with Crippen LogP contribution in [-0.2, 0) is 0 Å². The van der Waals surface area contributed by atoms with E-state index < -0.39 is 6.17 Å². The number of alkyl halides is 1. The first-order valence-electron chi connectivity index (χ1n) is 3.60. The zero-order chi connectivity index (χ0) is 6.85. The molecule has 0 amide bonds. The van der Waals surface area contributed by atoms with Gasteiger partial charge in [-0.3, -0.25) is 0 Å². The molecule has 1 fully saturated rings. The standard InChI is InChI=1S/C7H14FN.ClH/c1-5(2)9-7-4-3-6(7)8;/h5-7,9H,3-4H2,1-2H3;1H/t6-,7-;/m0./s1. The van der Waals surface area contributed by atoms with Crippen LogP contribution in [0.15, 0.2) is 0 Å². The summed E-state index contributed by atoms with van der Waals surface area (Å²) in [6, 6.07) is 0.582. The summed E-state index contributed by atoms with van der Waals surface area (Å²) < 4.78 is 12.5. The smallest absolute Gasteiger partial charge is 0.115 e. The molecule has 3 heteroatoms. The lowest BCUT2D eigenvalue weighted by atomic mass is 9.90. The maximum Gasteiger partial charge on any atom is 0.115 e. The van der Waals surface area contributed by atoms with Crippen LogP contribution in [0.3, 0.4) is 0 Å². The molecule has 0 aromatic rings. The molecule has 10 heavy (non-hydrogen) atoms. The van der Waals surface area contributed by atoms with Gasteiger partial charge in [0.15, 0.2) is 0 Å². The highest BCUT2D eigenvalue weighted by Gasteiger charge is 2.30. The van der Waals surface area contributed by atoms with Crippen LogP contribution in [0.4, 0.5) is 4.39 Å². The van der Waals surface area contributed by atoms with E-state index in [4.69, 9.17) is 0 Å². The van der Waals surface area contributed by atoms with Crippen LogP contribution in [0.5, 0.6) is 0 Å². The molecular weight excluding hydrogens is 153 g/mol. The Morgan fingerprint density at radius 3 is 2.10 bits per heavy atom. The second-order valence-corrected chi connectivity index (χ2v) is 3.02. The zero-order valence-corrected chi connectivity index (χ0v) is 7.25. The summed E-state index contributed by atoms with van der Waals surface area (Å²) in [5.41, 5.74) is 0. The number of halogens is 2. The predicted molar refractivity (Wildman–Crippen MR) is 43.4 cm³/mol. The van der Waals surface area contributed by atoms with Gasteiger partial charge in [-0.2, -0.15) is 0 Å². The van der Waals surface area contributed by atoms with E-state index >= 15 is 0 Å². The first-order valence-corrected chi connectivity index (χ1v) is 3.60. The quantitative estimate of drug-likeness (QED) is 0.663. The fraction of sp³-hybridized carbons (Fsp3) is 1.00. The van der Waals surface area contributed by atoms with Crippen molar-refractivity contribution >= 4 is 12.4 Å². The van der Waals surface area contributed by atoms with Gasteiger partial charge in [0, 0.05) is 12.1 Å². The van der Waals surface area contributed by atoms with Gasteiger partial charge in [-0.25, -0.2) is 4.39 Å². The van der Waals surface area contributed by atoms with Crippen LogP contribution in [0.2, 0.25) is 0 Å². The molecule has 1 N–H and O–H groups in total. The van der Waals surface area contributed by atoms with Gasteiger partial charge in [0.25, 0.3) is 0 Å². The number of hydrogen-bond donors (Lipinski definition) is 1. The van der Waals surface area contributed by atoms with Gasteiger partial charge in [0.2, 0.25) is 0 Å². The Hall–Kier alpha value is 0.180. The minimum absolute atomic E-state index is 0. The van der Waals surface area contributed by atoms with E-state index in [0.29, 0.717) is 6.04 Å². The molecule has 1 aliphatic carbocycles. The SMILES string of the molecule is CC(C)N[C@H]1CC[C@@H]1F.Cl. The van der Waals surface area contributed by atoms with Crippen LogP contribution in [0.25, 0.3) is 0 Å². The number of nitrogens with one attached hydrogen (secondary N) is 1. The fourth-order valence-electron chi connectivity index (χ4n) is 1.08. The molecule has 0 unspecified atom stereocenters. The highest BCUT2D eigenvalue weighted by Crippen LogP contribution is 2.23. The summed E-state index contributed by atoms with van der Waals surface area (Å²) in [6.07, 6.45) is 1.19. The molecule has 0 spiro atoms. The molecule has 0 saturated heterocycles. The lowest BCUT2D eigenvalue weighted by Gasteiger charge is -2.32. The van der Waals surface area contributed by atoms with Gasteiger partial charge in [-0.05, 0) is 12.8 Å². The summed E-state index contributed by atoms with van der Waals surface area (Å²) >= 11 is 0. The molecule has 1 saturated carbocycles. The summed E-state index contributed by atoms with van der Waals surface area (Å²) in [5, 5.41) is 3.15. The Balaban J connectivity index is 0.000000810. The molecule has 0 heterocycles. The first kappa shape index (κ1) is 10.2. The predicted octanol–water partition coefficient (Wildman–Crippen LogP) is 1.91. The molecule has 1 aliphatic rings. The van der Waals surface area contributed by atoms with Crippen molar-refractivity contribution < 1.29 is 4.39 Å². The minimum Gasteiger partial charge on any atom is -0.309 e. The summed E-state index contributed by atoms with van der Waals surface area (Å²) in [7, 11) is 0. The fourth-order valence-corrected chi connectivity index (χ4v) is 1.08. The summed E-state index contributed by atoms with van der Waals surface area (Å²) in [5.74, 6) is 0. The average Bonchev–Trinajstić information content (AvgIpc) is 1.79. The summed E-state index contributed by atoms with van der Waals surface area (Å²) in [4.78, 5) is 0. The Morgan fingerprint density at radius 1 is 1.40 bits per heavy atom. The second-order valence-electron chi connectivity index (χ2n) is 3.02. The topological polar surface area (TPSA) is 12.0 Å². The van der Waals surface area contributed by atoms with E-state index in [1.54, 1.807) is 0 Å². The van der Waals surface area contributed by atoms with E-state index in [-0.39, 0.29) is 18.4 Å². The molecule has 0 aliphatic heterocycles. The van der Waals surface area contributed by atoms with Gasteiger partial charge in [-0.1, -0.05) is 13.8 Å². The van der Waals surface area contributed by atoms with Crippen LogP contribution in [-0.4, -0.2) is 18.3 Å². The van der Waals surface area contributed by atoms with Crippen molar-refractivity contribution in [3.05, 3.63) is 0 Å². The van der Waals surface area contributed by atoms with Crippen molar-refractivity contribution in [3.8, 4) is 0 Å². The van der Waals surface area contributed by atoms with Crippen molar-refractivity contribution in [3.63, 3.8) is 0 Å². The Kier molecular flexibility index (Phi) is 4.22. The van der Waals surface area contributed by atoms with Crippen LogP contribution in [0.1, 0.15) is 26.7 Å². The molecular formula is C7H15ClFN. The first-order chi connectivity index (χ1) is 4.20. The van der Waals surface area contributed by atoms with Crippen LogP contribution >= 0.6 is 12.4 Å². The third kappa shape index (κ3) is 2.43. The Morgan fingerprint density at radius 2 is 2.00 bits per heavy atom. The highest BCUT2D eigenvalue weighted by molar-refractivity contribution is 5.85. The van der Waals surface area contributed by atoms with Crippen LogP contribution in [0, 0.1) is 0 Å². The molecule has 1 nitrogen and oxygen atoms in total. The van der Waals surface area contributed by atoms with Crippen molar-refractivity contribution in [1.29, 1.82) is 0 Å². The van der Waals surface area contributed by atoms with Gasteiger partial charge in [0.1, 0.15) is 6.17 Å². The van der Waals surface area contributed by atoms with Gasteiger partial charge in [-0.15, -0.1) is 12.4 Å². The van der Waals surface area contributed by atoms with Crippen molar-refractivity contribution in [1.82, 2.24) is 5.32 Å². The maximum atomic E-state index is 12.5. The molecule has 0 bridgehead atoms. The van der Waals surface area contributed by atoms with E-state index in [0.717, 1.165) is 12.8 Å². The Labute approximate surface area is 67.8 Å². The Bertz CT molecular complexity index is 97.6. The second kappa shape index (κ2) is 4.14. The molecule has 0 aromatic carbocycles. The van der Waals surface area contributed by atoms with E-state index in [9.17, 15) is 4.39 Å². The average molecular weight is 168 g/mol. The lowest BCUT2D eigenvalue weighted by Crippen LogP contribution is -2.48. The molecule has 62 valence electrons. The van der Waals surface area contributed by atoms with Crippen molar-refractivity contribution in [2.45, 2.75) is 44.9 Å². The monoisotopic (exact) mass is 167 g/mol. The molecule has 2 atom stereocenters. The van der Waals surface area contributed by atoms with Gasteiger partial charge >= 0.3 is 0 Å². The molecule has 0 radical (unpaired) electrons. The van der Waals surface area contributed by atoms with E-state index in [1.165, 1.54) is 0 Å². The normalized spacial score (nSPS) is 31.2. The number of hydrogen-bond acceptors (Lipinski definition) is 1. The number of rotatable bonds is 2. The van der Waals surface area contributed by atoms with Gasteiger partial charge in [0.05, 0.1) is 0 Å². The summed E-state index contributed by atoms with van der Waals surface area (Å²) in [6.45, 7) is 4.09. The third-order valence-corrected chi connectivity index (χ3v) is 1.74. The van der Waals surface area contributed by atoms with E-state index in [1.807, 2.05) is 13.8 Å². The molecule has 0 aromatic heterocycles. The molecule has 1 rings (SSSR count). The van der Waals surface area contributed by atoms with Crippen molar-refractivity contribution in [2.75, 3.05) is 0 Å². The minimum atomic E-state index is -0.576. The third-order valence-electron chi connectivity index (χ3n) is 1.74. The van der Waals surface area contributed by atoms with Crippen molar-refractivity contribution in [2.24, 2.45) is 0 Å². The highest BCUT2D eigenvalue weighted by atomic mass is 35.5. The van der Waals surface area contributed by atoms with E-state index in [2.05, 4.69) is 5.32 Å². The largest absolute Gasteiger partial charge is 0.309 e. The lowest BCUT2D eigenvalue weighted by molar-refractivity contribution is 0.135.